The maximum atomic E-state index is 12.4. The lowest BCUT2D eigenvalue weighted by Gasteiger charge is -2.25. The predicted octanol–water partition coefficient (Wildman–Crippen LogP) is 4.04. The topological polar surface area (TPSA) is 51.5 Å². The summed E-state index contributed by atoms with van der Waals surface area (Å²) in [6.07, 6.45) is 12.6. The quantitative estimate of drug-likeness (QED) is 0.920. The van der Waals surface area contributed by atoms with Crippen molar-refractivity contribution in [1.29, 1.82) is 0 Å². The molecule has 1 heterocycles. The predicted molar refractivity (Wildman–Crippen MR) is 99.0 cm³/mol. The van der Waals surface area contributed by atoms with Crippen molar-refractivity contribution < 1.29 is 9.84 Å². The van der Waals surface area contributed by atoms with E-state index in [4.69, 9.17) is 4.74 Å². The second kappa shape index (κ2) is 6.43. The molecule has 25 heavy (non-hydrogen) atoms. The third-order valence-corrected chi connectivity index (χ3v) is 5.22. The smallest absolute Gasteiger partial charge is 0.254 e. The van der Waals surface area contributed by atoms with Gasteiger partial charge in [-0.05, 0) is 55.9 Å². The molecule has 4 heteroatoms. The molecular weight excluding hydrogens is 314 g/mol. The minimum absolute atomic E-state index is 0.0404. The summed E-state index contributed by atoms with van der Waals surface area (Å²) in [5.41, 5.74) is 3.59. The van der Waals surface area contributed by atoms with Crippen LogP contribution in [0.4, 0.5) is 0 Å². The molecule has 0 bridgehead atoms. The zero-order valence-corrected chi connectivity index (χ0v) is 14.5. The molecule has 0 atom stereocenters. The van der Waals surface area contributed by atoms with Crippen molar-refractivity contribution in [3.63, 3.8) is 0 Å². The standard InChI is InChI=1S/C21H23NO3/c1-22-13-19(16-8-5-9-17(16)21(22)24)18-12-14(23)10-11-20(18)25-15-6-3-2-4-7-15/h5,8,10-13,15,23H,2-4,6-7,9H2,1H3. The molecule has 1 saturated carbocycles. The molecule has 0 saturated heterocycles. The Bertz CT molecular complexity index is 889. The summed E-state index contributed by atoms with van der Waals surface area (Å²) in [4.78, 5) is 12.4. The van der Waals surface area contributed by atoms with Crippen molar-refractivity contribution in [3.05, 3.63) is 52.0 Å². The minimum atomic E-state index is 0.0404. The number of aromatic nitrogens is 1. The van der Waals surface area contributed by atoms with Gasteiger partial charge >= 0.3 is 0 Å². The van der Waals surface area contributed by atoms with Crippen LogP contribution in [0.25, 0.3) is 17.2 Å². The molecule has 0 aliphatic heterocycles. The second-order valence-corrected chi connectivity index (χ2v) is 7.02. The highest BCUT2D eigenvalue weighted by molar-refractivity contribution is 5.82. The average Bonchev–Trinajstić information content (AvgIpc) is 3.11. The number of allylic oxidation sites excluding steroid dienone is 1. The lowest BCUT2D eigenvalue weighted by molar-refractivity contribution is 0.155. The second-order valence-electron chi connectivity index (χ2n) is 7.02. The molecule has 4 rings (SSSR count). The van der Waals surface area contributed by atoms with Gasteiger partial charge in [-0.1, -0.05) is 18.6 Å². The zero-order valence-electron chi connectivity index (χ0n) is 14.5. The molecule has 1 N–H and O–H groups in total. The van der Waals surface area contributed by atoms with E-state index in [1.807, 2.05) is 24.4 Å². The van der Waals surface area contributed by atoms with Crippen molar-refractivity contribution in [3.8, 4) is 22.6 Å². The summed E-state index contributed by atoms with van der Waals surface area (Å²) < 4.78 is 7.92. The number of rotatable bonds is 3. The highest BCUT2D eigenvalue weighted by atomic mass is 16.5. The zero-order chi connectivity index (χ0) is 17.4. The van der Waals surface area contributed by atoms with E-state index < -0.39 is 0 Å². The highest BCUT2D eigenvalue weighted by Crippen LogP contribution is 2.38. The Morgan fingerprint density at radius 1 is 1.16 bits per heavy atom. The van der Waals surface area contributed by atoms with E-state index in [0.29, 0.717) is 6.42 Å². The van der Waals surface area contributed by atoms with Crippen LogP contribution in [0.3, 0.4) is 0 Å². The van der Waals surface area contributed by atoms with E-state index >= 15 is 0 Å². The number of fused-ring (bicyclic) bond motifs is 1. The number of phenolic OH excluding ortho intramolecular Hbond substituents is 1. The molecule has 4 nitrogen and oxygen atoms in total. The van der Waals surface area contributed by atoms with Crippen molar-refractivity contribution >= 4 is 6.08 Å². The van der Waals surface area contributed by atoms with Gasteiger partial charge in [0.05, 0.1) is 6.10 Å². The minimum Gasteiger partial charge on any atom is -0.508 e. The summed E-state index contributed by atoms with van der Waals surface area (Å²) in [6, 6.07) is 5.25. The Hall–Kier alpha value is -2.49. The number of ether oxygens (including phenoxy) is 1. The average molecular weight is 337 g/mol. The van der Waals surface area contributed by atoms with E-state index in [1.165, 1.54) is 19.3 Å². The number of aryl methyl sites for hydroxylation is 1. The van der Waals surface area contributed by atoms with Gasteiger partial charge < -0.3 is 14.4 Å². The molecule has 0 amide bonds. The third-order valence-electron chi connectivity index (χ3n) is 5.22. The monoisotopic (exact) mass is 337 g/mol. The Labute approximate surface area is 147 Å². The van der Waals surface area contributed by atoms with E-state index in [-0.39, 0.29) is 17.4 Å². The Balaban J connectivity index is 1.81. The van der Waals surface area contributed by atoms with Gasteiger partial charge in [0.25, 0.3) is 5.56 Å². The molecule has 130 valence electrons. The molecule has 2 aromatic rings. The first-order valence-corrected chi connectivity index (χ1v) is 9.02. The van der Waals surface area contributed by atoms with Crippen LogP contribution in [0.2, 0.25) is 0 Å². The van der Waals surface area contributed by atoms with E-state index in [0.717, 1.165) is 40.8 Å². The van der Waals surface area contributed by atoms with E-state index in [1.54, 1.807) is 23.7 Å². The maximum Gasteiger partial charge on any atom is 0.254 e. The maximum absolute atomic E-state index is 12.4. The molecule has 2 aliphatic carbocycles. The molecule has 1 aromatic carbocycles. The van der Waals surface area contributed by atoms with E-state index in [2.05, 4.69) is 0 Å². The number of hydrogen-bond donors (Lipinski definition) is 1. The first kappa shape index (κ1) is 16.0. The molecule has 1 fully saturated rings. The molecule has 0 radical (unpaired) electrons. The van der Waals surface area contributed by atoms with Gasteiger partial charge in [0.15, 0.2) is 0 Å². The number of benzene rings is 1. The summed E-state index contributed by atoms with van der Waals surface area (Å²) >= 11 is 0. The Kier molecular flexibility index (Phi) is 4.12. The van der Waals surface area contributed by atoms with Gasteiger partial charge in [0.1, 0.15) is 11.5 Å². The molecule has 0 spiro atoms. The third kappa shape index (κ3) is 2.97. The number of pyridine rings is 1. The molecular formula is C21H23NO3. The fraction of sp³-hybridized carbons (Fsp3) is 0.381. The van der Waals surface area contributed by atoms with Crippen LogP contribution in [-0.2, 0) is 13.5 Å². The van der Waals surface area contributed by atoms with Gasteiger partial charge in [-0.3, -0.25) is 4.79 Å². The van der Waals surface area contributed by atoms with Crippen molar-refractivity contribution in [1.82, 2.24) is 4.57 Å². The van der Waals surface area contributed by atoms with Gasteiger partial charge in [0, 0.05) is 29.9 Å². The molecule has 1 aromatic heterocycles. The van der Waals surface area contributed by atoms with Crippen molar-refractivity contribution in [2.75, 3.05) is 0 Å². The first-order chi connectivity index (χ1) is 12.1. The summed E-state index contributed by atoms with van der Waals surface area (Å²) in [6.45, 7) is 0. The normalized spacial score (nSPS) is 16.8. The molecule has 0 unspecified atom stereocenters. The van der Waals surface area contributed by atoms with E-state index in [9.17, 15) is 9.90 Å². The number of hydrogen-bond acceptors (Lipinski definition) is 3. The summed E-state index contributed by atoms with van der Waals surface area (Å²) in [7, 11) is 1.77. The van der Waals surface area contributed by atoms with Gasteiger partial charge in [-0.25, -0.2) is 0 Å². The van der Waals surface area contributed by atoms with Gasteiger partial charge in [-0.2, -0.15) is 0 Å². The van der Waals surface area contributed by atoms with Crippen LogP contribution >= 0.6 is 0 Å². The number of aromatic hydroxyl groups is 1. The Morgan fingerprint density at radius 3 is 2.76 bits per heavy atom. The lowest BCUT2D eigenvalue weighted by Crippen LogP contribution is -2.22. The van der Waals surface area contributed by atoms with Gasteiger partial charge in [0.2, 0.25) is 0 Å². The lowest BCUT2D eigenvalue weighted by atomic mass is 9.96. The summed E-state index contributed by atoms with van der Waals surface area (Å²) in [5.74, 6) is 0.987. The van der Waals surface area contributed by atoms with Crippen LogP contribution in [0.1, 0.15) is 43.2 Å². The first-order valence-electron chi connectivity index (χ1n) is 9.02. The van der Waals surface area contributed by atoms with Crippen molar-refractivity contribution in [2.45, 2.75) is 44.6 Å². The fourth-order valence-electron chi connectivity index (χ4n) is 3.90. The van der Waals surface area contributed by atoms with Crippen LogP contribution in [0.15, 0.2) is 35.3 Å². The van der Waals surface area contributed by atoms with Crippen molar-refractivity contribution in [2.24, 2.45) is 7.05 Å². The van der Waals surface area contributed by atoms with Crippen LogP contribution < -0.4 is 10.3 Å². The largest absolute Gasteiger partial charge is 0.508 e. The number of nitrogens with zero attached hydrogens (tertiary/aromatic N) is 1. The SMILES string of the molecule is Cn1cc(-c2cc(O)ccc2OC2CCCCC2)c2c(c1=O)CC=C2. The number of phenols is 1. The van der Waals surface area contributed by atoms with Gasteiger partial charge in [-0.15, -0.1) is 0 Å². The van der Waals surface area contributed by atoms with Crippen LogP contribution in [0.5, 0.6) is 11.5 Å². The Morgan fingerprint density at radius 2 is 1.96 bits per heavy atom. The van der Waals surface area contributed by atoms with Crippen LogP contribution in [-0.4, -0.2) is 15.8 Å². The molecule has 2 aliphatic rings. The highest BCUT2D eigenvalue weighted by Gasteiger charge is 2.21. The van der Waals surface area contributed by atoms with Crippen LogP contribution in [0, 0.1) is 0 Å². The summed E-state index contributed by atoms with van der Waals surface area (Å²) in [5, 5.41) is 10.0. The fourth-order valence-corrected chi connectivity index (χ4v) is 3.90.